The van der Waals surface area contributed by atoms with Crippen molar-refractivity contribution < 1.29 is 31.3 Å². The Labute approximate surface area is 384 Å². The lowest BCUT2D eigenvalue weighted by atomic mass is 10.0. The van der Waals surface area contributed by atoms with E-state index in [0.717, 1.165) is 24.8 Å². The Bertz CT molecular complexity index is 2590. The molecular weight excluding hydrogens is 870 g/mol. The van der Waals surface area contributed by atoms with Gasteiger partial charge < -0.3 is 15.3 Å². The Kier molecular flexibility index (Phi) is 19.0. The highest BCUT2D eigenvalue weighted by Gasteiger charge is 2.22. The summed E-state index contributed by atoms with van der Waals surface area (Å²) in [5, 5.41) is 23.8. The van der Waals surface area contributed by atoms with Gasteiger partial charge in [0.25, 0.3) is 26.0 Å². The minimum absolute atomic E-state index is 0.0801. The van der Waals surface area contributed by atoms with E-state index in [1.54, 1.807) is 36.4 Å². The lowest BCUT2D eigenvalue weighted by Crippen LogP contribution is -2.22. The van der Waals surface area contributed by atoms with Crippen LogP contribution in [0.1, 0.15) is 126 Å². The van der Waals surface area contributed by atoms with Gasteiger partial charge in [-0.2, -0.15) is 8.42 Å². The summed E-state index contributed by atoms with van der Waals surface area (Å²) in [4.78, 5) is 15.7. The highest BCUT2D eigenvalue weighted by molar-refractivity contribution is 7.92. The Balaban J connectivity index is 1.25. The number of rotatable bonds is 26. The average Bonchev–Trinajstić information content (AvgIpc) is 3.26. The van der Waals surface area contributed by atoms with E-state index in [0.29, 0.717) is 23.0 Å². The first kappa shape index (κ1) is 50.0. The number of azo groups is 1. The molecule has 1 amide bonds. The van der Waals surface area contributed by atoms with Crippen molar-refractivity contribution in [2.75, 3.05) is 28.5 Å². The fraction of sp³-hybridized carbons (Fsp3) is 0.408. The van der Waals surface area contributed by atoms with E-state index < -0.39 is 30.9 Å². The molecule has 0 atom stereocenters. The zero-order chi connectivity index (χ0) is 46.1. The van der Waals surface area contributed by atoms with E-state index in [1.807, 2.05) is 18.9 Å². The van der Waals surface area contributed by atoms with Crippen LogP contribution in [-0.2, 0) is 20.1 Å². The predicted octanol–water partition coefficient (Wildman–Crippen LogP) is 13.9. The molecule has 0 unspecified atom stereocenters. The highest BCUT2D eigenvalue weighted by Crippen LogP contribution is 2.39. The molecule has 64 heavy (non-hydrogen) atoms. The van der Waals surface area contributed by atoms with Gasteiger partial charge in [0, 0.05) is 24.4 Å². The molecule has 4 N–H and O–H groups in total. The lowest BCUT2D eigenvalue weighted by molar-refractivity contribution is 0.102. The fourth-order valence-electron chi connectivity index (χ4n) is 7.60. The van der Waals surface area contributed by atoms with Gasteiger partial charge in [0.15, 0.2) is 0 Å². The molecule has 0 radical (unpaired) electrons. The van der Waals surface area contributed by atoms with Crippen LogP contribution in [0.5, 0.6) is 5.75 Å². The van der Waals surface area contributed by atoms with Crippen LogP contribution in [-0.4, -0.2) is 46.0 Å². The first-order chi connectivity index (χ1) is 30.7. The standard InChI is InChI=1S/C49H62ClN5O7S2/c1-4-5-6-7-8-9-10-11-12-13-14-15-16-17-18-21-32-55(3)47-31-29-39(64(60,61)62)34-46(47)51-49(57)42-35-44(40-22-19-20-23-41(40)48(42)56)52-53-45-33-37(26-30-43(45)50)54-63(58,59)38-27-24-36(2)25-28-38/h19-20,22-31,33-35,54,56H,4-18,21,32H2,1-3H3,(H,51,57)(H,60,61,62)/b53-52+. The van der Waals surface area contributed by atoms with Crippen molar-refractivity contribution in [2.24, 2.45) is 10.2 Å². The van der Waals surface area contributed by atoms with Crippen molar-refractivity contribution in [1.29, 1.82) is 0 Å². The van der Waals surface area contributed by atoms with E-state index >= 15 is 0 Å². The molecule has 12 nitrogen and oxygen atoms in total. The Morgan fingerprint density at radius 3 is 1.81 bits per heavy atom. The number of carbonyl (C=O) groups is 1. The number of phenolic OH excluding ortho intramolecular Hbond substituents is 1. The van der Waals surface area contributed by atoms with Crippen molar-refractivity contribution in [3.8, 4) is 5.75 Å². The van der Waals surface area contributed by atoms with E-state index in [-0.39, 0.29) is 44.0 Å². The molecule has 0 spiro atoms. The second-order valence-electron chi connectivity index (χ2n) is 16.5. The zero-order valence-electron chi connectivity index (χ0n) is 37.2. The summed E-state index contributed by atoms with van der Waals surface area (Å²) in [6.45, 7) is 4.75. The smallest absolute Gasteiger partial charge is 0.294 e. The van der Waals surface area contributed by atoms with E-state index in [4.69, 9.17) is 11.6 Å². The number of phenols is 1. The highest BCUT2D eigenvalue weighted by atomic mass is 35.5. The van der Waals surface area contributed by atoms with Crippen LogP contribution in [0.3, 0.4) is 0 Å². The Morgan fingerprint density at radius 1 is 0.672 bits per heavy atom. The normalized spacial score (nSPS) is 12.0. The molecule has 0 heterocycles. The summed E-state index contributed by atoms with van der Waals surface area (Å²) in [6, 6.07) is 22.9. The van der Waals surface area contributed by atoms with Gasteiger partial charge in [-0.15, -0.1) is 10.2 Å². The Morgan fingerprint density at radius 2 is 1.22 bits per heavy atom. The third-order valence-corrected chi connectivity index (χ3v) is 13.9. The number of halogens is 1. The van der Waals surface area contributed by atoms with Gasteiger partial charge in [0.2, 0.25) is 0 Å². The zero-order valence-corrected chi connectivity index (χ0v) is 39.5. The van der Waals surface area contributed by atoms with Crippen LogP contribution in [0.15, 0.2) is 111 Å². The minimum atomic E-state index is -4.62. The quantitative estimate of drug-likeness (QED) is 0.0240. The molecule has 0 aliphatic rings. The van der Waals surface area contributed by atoms with Crippen molar-refractivity contribution in [1.82, 2.24) is 0 Å². The molecule has 0 aliphatic heterocycles. The molecule has 0 aromatic heterocycles. The molecule has 0 bridgehead atoms. The number of carbonyl (C=O) groups excluding carboxylic acids is 1. The summed E-state index contributed by atoms with van der Waals surface area (Å²) >= 11 is 6.47. The lowest BCUT2D eigenvalue weighted by Gasteiger charge is -2.23. The molecule has 5 aromatic carbocycles. The van der Waals surface area contributed by atoms with E-state index in [9.17, 15) is 31.3 Å². The average molecular weight is 933 g/mol. The first-order valence-corrected chi connectivity index (χ1v) is 25.7. The number of benzene rings is 5. The fourth-order valence-corrected chi connectivity index (χ4v) is 9.32. The third-order valence-electron chi connectivity index (χ3n) is 11.3. The van der Waals surface area contributed by atoms with Gasteiger partial charge in [-0.3, -0.25) is 14.1 Å². The van der Waals surface area contributed by atoms with Gasteiger partial charge in [0.1, 0.15) is 11.4 Å². The maximum atomic E-state index is 14.1. The number of unbranched alkanes of at least 4 members (excludes halogenated alkanes) is 15. The SMILES string of the molecule is CCCCCCCCCCCCCCCCCCN(C)c1ccc(S(=O)(=O)O)cc1NC(=O)c1cc(/N=N/c2cc(NS(=O)(=O)c3ccc(C)cc3)ccc2Cl)c2ccccc2c1O. The molecule has 0 saturated carbocycles. The first-order valence-electron chi connectivity index (χ1n) is 22.4. The number of sulfonamides is 1. The van der Waals surface area contributed by atoms with Gasteiger partial charge in [-0.05, 0) is 67.9 Å². The monoisotopic (exact) mass is 931 g/mol. The summed E-state index contributed by atoms with van der Waals surface area (Å²) in [6.07, 6.45) is 20.1. The number of hydrogen-bond acceptors (Lipinski definition) is 9. The summed E-state index contributed by atoms with van der Waals surface area (Å²) in [7, 11) is -6.69. The van der Waals surface area contributed by atoms with Gasteiger partial charge in [0.05, 0.1) is 43.1 Å². The van der Waals surface area contributed by atoms with Crippen LogP contribution in [0, 0.1) is 6.92 Å². The van der Waals surface area contributed by atoms with E-state index in [1.165, 1.54) is 138 Å². The maximum Gasteiger partial charge on any atom is 0.294 e. The van der Waals surface area contributed by atoms with Crippen LogP contribution in [0.2, 0.25) is 5.02 Å². The topological polar surface area (TPSA) is 178 Å². The summed E-state index contributed by atoms with van der Waals surface area (Å²) in [5.74, 6) is -1.11. The predicted molar refractivity (Wildman–Crippen MR) is 260 cm³/mol. The van der Waals surface area contributed by atoms with Gasteiger partial charge in [-0.1, -0.05) is 157 Å². The number of nitrogens with zero attached hydrogens (tertiary/aromatic N) is 3. The van der Waals surface area contributed by atoms with Gasteiger partial charge in [-0.25, -0.2) is 8.42 Å². The molecule has 5 aromatic rings. The largest absolute Gasteiger partial charge is 0.506 e. The van der Waals surface area contributed by atoms with Crippen molar-refractivity contribution >= 4 is 76.9 Å². The second kappa shape index (κ2) is 24.3. The van der Waals surface area contributed by atoms with Crippen LogP contribution >= 0.6 is 11.6 Å². The number of anilines is 3. The van der Waals surface area contributed by atoms with Crippen molar-refractivity contribution in [3.63, 3.8) is 0 Å². The van der Waals surface area contributed by atoms with Crippen molar-refractivity contribution in [2.45, 2.75) is 126 Å². The molecule has 0 fully saturated rings. The Hall–Kier alpha value is -5.02. The second-order valence-corrected chi connectivity index (χ2v) is 20.0. The van der Waals surface area contributed by atoms with Gasteiger partial charge >= 0.3 is 0 Å². The number of nitrogens with one attached hydrogen (secondary N) is 2. The number of fused-ring (bicyclic) bond motifs is 1. The number of amides is 1. The third kappa shape index (κ3) is 14.8. The molecular formula is C49H62ClN5O7S2. The number of hydrogen-bond donors (Lipinski definition) is 4. The molecule has 15 heteroatoms. The number of aryl methyl sites for hydroxylation is 1. The summed E-state index contributed by atoms with van der Waals surface area (Å²) in [5.41, 5.74) is 1.89. The molecule has 5 rings (SSSR count). The molecule has 0 aliphatic carbocycles. The van der Waals surface area contributed by atoms with Crippen molar-refractivity contribution in [3.05, 3.63) is 107 Å². The molecule has 0 saturated heterocycles. The van der Waals surface area contributed by atoms with Crippen LogP contribution in [0.25, 0.3) is 10.8 Å². The minimum Gasteiger partial charge on any atom is -0.506 e. The molecule has 344 valence electrons. The maximum absolute atomic E-state index is 14.1. The van der Waals surface area contributed by atoms with Crippen LogP contribution < -0.4 is 14.9 Å². The van der Waals surface area contributed by atoms with E-state index in [2.05, 4.69) is 27.2 Å². The van der Waals surface area contributed by atoms with Crippen LogP contribution in [0.4, 0.5) is 28.4 Å². The summed E-state index contributed by atoms with van der Waals surface area (Å²) < 4.78 is 63.0. The number of aromatic hydroxyl groups is 1.